The molecule has 4 heterocycles. The molecule has 0 atom stereocenters. The molecular weight excluding hydrogens is 351 g/mol. The number of rotatable bonds is 2. The van der Waals surface area contributed by atoms with E-state index in [0.29, 0.717) is 49.4 Å². The van der Waals surface area contributed by atoms with Gasteiger partial charge in [-0.2, -0.15) is 13.2 Å². The quantitative estimate of drug-likeness (QED) is 0.727. The van der Waals surface area contributed by atoms with E-state index < -0.39 is 17.4 Å². The smallest absolute Gasteiger partial charge is 0.378 e. The summed E-state index contributed by atoms with van der Waals surface area (Å²) < 4.78 is 45.1. The van der Waals surface area contributed by atoms with Crippen molar-refractivity contribution in [3.8, 4) is 11.3 Å². The highest BCUT2D eigenvalue weighted by molar-refractivity contribution is 5.94. The standard InChI is InChI=1S/C16H14F3N5O2/c17-16(18,19)11-8-21-15(25)23-13(11)10-7-20-14-9(10)1-2-12(22-14)24-3-5-26-6-4-24/h1-2,7-8H,3-6H2,(H,20,22)(H,21,23,25). The Morgan fingerprint density at radius 2 is 1.96 bits per heavy atom. The molecule has 0 saturated carbocycles. The average molecular weight is 365 g/mol. The third-order valence-corrected chi connectivity index (χ3v) is 4.25. The number of halogens is 3. The van der Waals surface area contributed by atoms with Gasteiger partial charge in [0.15, 0.2) is 0 Å². The van der Waals surface area contributed by atoms with Crippen LogP contribution in [0.4, 0.5) is 19.0 Å². The van der Waals surface area contributed by atoms with Crippen molar-refractivity contribution < 1.29 is 17.9 Å². The van der Waals surface area contributed by atoms with Crippen molar-refractivity contribution in [3.05, 3.63) is 40.6 Å². The number of aromatic nitrogens is 4. The van der Waals surface area contributed by atoms with E-state index in [9.17, 15) is 18.0 Å². The van der Waals surface area contributed by atoms with Gasteiger partial charge in [-0.05, 0) is 12.1 Å². The number of nitrogens with zero attached hydrogens (tertiary/aromatic N) is 3. The van der Waals surface area contributed by atoms with E-state index in [2.05, 4.69) is 19.9 Å². The van der Waals surface area contributed by atoms with E-state index in [0.717, 1.165) is 0 Å². The minimum atomic E-state index is -4.64. The van der Waals surface area contributed by atoms with Gasteiger partial charge in [0.25, 0.3) is 0 Å². The molecule has 1 aliphatic rings. The summed E-state index contributed by atoms with van der Waals surface area (Å²) in [5.41, 5.74) is -1.53. The molecule has 26 heavy (non-hydrogen) atoms. The second-order valence-corrected chi connectivity index (χ2v) is 5.84. The minimum absolute atomic E-state index is 0.216. The van der Waals surface area contributed by atoms with Crippen LogP contribution in [0.2, 0.25) is 0 Å². The number of fused-ring (bicyclic) bond motifs is 1. The molecule has 1 saturated heterocycles. The fourth-order valence-electron chi connectivity index (χ4n) is 2.99. The lowest BCUT2D eigenvalue weighted by atomic mass is 10.1. The third kappa shape index (κ3) is 2.92. The summed E-state index contributed by atoms with van der Waals surface area (Å²) in [4.78, 5) is 26.3. The first kappa shape index (κ1) is 16.6. The molecule has 3 aromatic heterocycles. The molecule has 0 aromatic carbocycles. The molecule has 0 amide bonds. The summed E-state index contributed by atoms with van der Waals surface area (Å²) in [5.74, 6) is 0.716. The van der Waals surface area contributed by atoms with Crippen LogP contribution in [-0.4, -0.2) is 46.2 Å². The average Bonchev–Trinajstić information content (AvgIpc) is 3.04. The first-order chi connectivity index (χ1) is 12.4. The van der Waals surface area contributed by atoms with Crippen LogP contribution in [0.5, 0.6) is 0 Å². The molecule has 7 nitrogen and oxygen atoms in total. The Hall–Kier alpha value is -2.88. The van der Waals surface area contributed by atoms with Crippen molar-refractivity contribution in [1.29, 1.82) is 0 Å². The maximum Gasteiger partial charge on any atom is 0.419 e. The molecule has 0 spiro atoms. The van der Waals surface area contributed by atoms with Crippen LogP contribution in [0.1, 0.15) is 5.56 Å². The predicted molar refractivity (Wildman–Crippen MR) is 88.0 cm³/mol. The van der Waals surface area contributed by atoms with Crippen LogP contribution in [0.3, 0.4) is 0 Å². The maximum atomic E-state index is 13.3. The Balaban J connectivity index is 1.81. The number of aromatic amines is 2. The minimum Gasteiger partial charge on any atom is -0.378 e. The zero-order valence-corrected chi connectivity index (χ0v) is 13.4. The topological polar surface area (TPSA) is 86.9 Å². The monoisotopic (exact) mass is 365 g/mol. The van der Waals surface area contributed by atoms with Gasteiger partial charge in [0, 0.05) is 36.4 Å². The van der Waals surface area contributed by atoms with E-state index in [1.807, 2.05) is 4.90 Å². The molecule has 0 aliphatic carbocycles. The number of ether oxygens (including phenoxy) is 1. The van der Waals surface area contributed by atoms with Crippen molar-refractivity contribution in [2.24, 2.45) is 0 Å². The Labute approximate surface area is 144 Å². The summed E-state index contributed by atoms with van der Waals surface area (Å²) >= 11 is 0. The number of pyridine rings is 1. The molecule has 3 aromatic rings. The Kier molecular flexibility index (Phi) is 3.91. The van der Waals surface area contributed by atoms with E-state index in [-0.39, 0.29) is 11.3 Å². The number of H-pyrrole nitrogens is 2. The Morgan fingerprint density at radius 1 is 1.19 bits per heavy atom. The van der Waals surface area contributed by atoms with Gasteiger partial charge in [0.1, 0.15) is 11.5 Å². The number of hydrogen-bond donors (Lipinski definition) is 2. The fraction of sp³-hybridized carbons (Fsp3) is 0.312. The van der Waals surface area contributed by atoms with Gasteiger partial charge in [0.05, 0.1) is 24.5 Å². The zero-order chi connectivity index (χ0) is 18.3. The second-order valence-electron chi connectivity index (χ2n) is 5.84. The number of nitrogens with one attached hydrogen (secondary N) is 2. The lowest BCUT2D eigenvalue weighted by Crippen LogP contribution is -2.36. The van der Waals surface area contributed by atoms with Crippen LogP contribution in [0.25, 0.3) is 22.3 Å². The third-order valence-electron chi connectivity index (χ3n) is 4.25. The van der Waals surface area contributed by atoms with Crippen molar-refractivity contribution in [1.82, 2.24) is 19.9 Å². The van der Waals surface area contributed by atoms with E-state index >= 15 is 0 Å². The van der Waals surface area contributed by atoms with Crippen LogP contribution in [0.15, 0.2) is 29.3 Å². The van der Waals surface area contributed by atoms with Crippen molar-refractivity contribution in [2.45, 2.75) is 6.18 Å². The molecule has 1 fully saturated rings. The summed E-state index contributed by atoms with van der Waals surface area (Å²) in [6.45, 7) is 2.59. The molecule has 1 aliphatic heterocycles. The van der Waals surface area contributed by atoms with Crippen LogP contribution in [0, 0.1) is 0 Å². The van der Waals surface area contributed by atoms with E-state index in [1.54, 1.807) is 12.1 Å². The van der Waals surface area contributed by atoms with Gasteiger partial charge in [-0.25, -0.2) is 14.8 Å². The van der Waals surface area contributed by atoms with Gasteiger partial charge >= 0.3 is 11.9 Å². The van der Waals surface area contributed by atoms with E-state index in [1.165, 1.54) is 6.20 Å². The number of anilines is 1. The molecular formula is C16H14F3N5O2. The lowest BCUT2D eigenvalue weighted by Gasteiger charge is -2.27. The molecule has 136 valence electrons. The molecule has 10 heteroatoms. The molecule has 4 rings (SSSR count). The van der Waals surface area contributed by atoms with Crippen molar-refractivity contribution in [2.75, 3.05) is 31.2 Å². The number of hydrogen-bond acceptors (Lipinski definition) is 5. The highest BCUT2D eigenvalue weighted by atomic mass is 19.4. The maximum absolute atomic E-state index is 13.3. The van der Waals surface area contributed by atoms with Gasteiger partial charge in [-0.3, -0.25) is 0 Å². The van der Waals surface area contributed by atoms with Crippen LogP contribution >= 0.6 is 0 Å². The van der Waals surface area contributed by atoms with Crippen molar-refractivity contribution >= 4 is 16.9 Å². The number of alkyl halides is 3. The zero-order valence-electron chi connectivity index (χ0n) is 13.4. The highest BCUT2D eigenvalue weighted by Crippen LogP contribution is 2.37. The lowest BCUT2D eigenvalue weighted by molar-refractivity contribution is -0.137. The normalized spacial score (nSPS) is 15.6. The van der Waals surface area contributed by atoms with E-state index in [4.69, 9.17) is 4.74 Å². The van der Waals surface area contributed by atoms with Gasteiger partial charge in [-0.1, -0.05) is 0 Å². The molecule has 0 bridgehead atoms. The van der Waals surface area contributed by atoms with Crippen LogP contribution in [-0.2, 0) is 10.9 Å². The van der Waals surface area contributed by atoms with Crippen LogP contribution < -0.4 is 10.6 Å². The largest absolute Gasteiger partial charge is 0.419 e. The summed E-state index contributed by atoms with van der Waals surface area (Å²) in [7, 11) is 0. The first-order valence-corrected chi connectivity index (χ1v) is 7.91. The van der Waals surface area contributed by atoms with Gasteiger partial charge in [0.2, 0.25) is 0 Å². The summed E-state index contributed by atoms with van der Waals surface area (Å²) in [5, 5.41) is 0.481. The van der Waals surface area contributed by atoms with Gasteiger partial charge < -0.3 is 19.6 Å². The molecule has 0 unspecified atom stereocenters. The second kappa shape index (κ2) is 6.13. The number of morpholine rings is 1. The first-order valence-electron chi connectivity index (χ1n) is 7.91. The highest BCUT2D eigenvalue weighted by Gasteiger charge is 2.35. The molecule has 2 N–H and O–H groups in total. The SMILES string of the molecule is O=c1ncc(C(F)(F)F)c(-c2c[nH]c3nc(N4CCOCC4)ccc23)[nH]1. The van der Waals surface area contributed by atoms with Crippen molar-refractivity contribution in [3.63, 3.8) is 0 Å². The van der Waals surface area contributed by atoms with Gasteiger partial charge in [-0.15, -0.1) is 0 Å². The predicted octanol–water partition coefficient (Wildman–Crippen LogP) is 2.17. The molecule has 0 radical (unpaired) electrons. The fourth-order valence-corrected chi connectivity index (χ4v) is 2.99. The summed E-state index contributed by atoms with van der Waals surface area (Å²) in [6.07, 6.45) is -2.69. The summed E-state index contributed by atoms with van der Waals surface area (Å²) in [6, 6.07) is 3.44. The Bertz CT molecular complexity index is 1010. The Morgan fingerprint density at radius 3 is 2.69 bits per heavy atom.